The summed E-state index contributed by atoms with van der Waals surface area (Å²) in [6.07, 6.45) is 5.50. The van der Waals surface area contributed by atoms with E-state index in [1.54, 1.807) is 18.2 Å². The molecule has 4 saturated carbocycles. The SMILES string of the molecule is CNC(=O)c1cn(-c2cccc3ccccc23)nc1C(=O)N(c1c(OC)cccc1OC)C1(C(=O)O)C2CC3CC(C2)CC1C3. The number of benzene rings is 3. The quantitative estimate of drug-likeness (QED) is 0.277. The first-order valence-corrected chi connectivity index (χ1v) is 15.4. The van der Waals surface area contributed by atoms with E-state index in [1.807, 2.05) is 42.5 Å². The molecule has 2 N–H and O–H groups in total. The van der Waals surface area contributed by atoms with Crippen LogP contribution in [-0.2, 0) is 4.79 Å². The maximum atomic E-state index is 15.3. The van der Waals surface area contributed by atoms with Crippen LogP contribution in [0.3, 0.4) is 0 Å². The number of nitrogens with zero attached hydrogens (tertiary/aromatic N) is 3. The van der Waals surface area contributed by atoms with Crippen molar-refractivity contribution in [2.75, 3.05) is 26.2 Å². The average Bonchev–Trinajstić information content (AvgIpc) is 3.50. The molecule has 0 saturated heterocycles. The lowest BCUT2D eigenvalue weighted by molar-refractivity contribution is -0.159. The van der Waals surface area contributed by atoms with Crippen LogP contribution in [0.1, 0.15) is 53.0 Å². The van der Waals surface area contributed by atoms with Crippen molar-refractivity contribution in [1.29, 1.82) is 0 Å². The van der Waals surface area contributed by atoms with E-state index in [4.69, 9.17) is 14.6 Å². The van der Waals surface area contributed by atoms with Gasteiger partial charge in [0.2, 0.25) is 0 Å². The fourth-order valence-corrected chi connectivity index (χ4v) is 8.69. The minimum atomic E-state index is -1.59. The Labute approximate surface area is 260 Å². The summed E-state index contributed by atoms with van der Waals surface area (Å²) in [6.45, 7) is 0. The maximum Gasteiger partial charge on any atom is 0.330 e. The van der Waals surface area contributed by atoms with E-state index in [1.165, 1.54) is 37.0 Å². The molecule has 8 rings (SSSR count). The Hall–Kier alpha value is -4.86. The Morgan fingerprint density at radius 2 is 1.49 bits per heavy atom. The summed E-state index contributed by atoms with van der Waals surface area (Å²) >= 11 is 0. The van der Waals surface area contributed by atoms with Gasteiger partial charge in [0.15, 0.2) is 11.2 Å². The van der Waals surface area contributed by atoms with Gasteiger partial charge in [0.1, 0.15) is 17.2 Å². The van der Waals surface area contributed by atoms with Crippen LogP contribution in [0.15, 0.2) is 66.9 Å². The molecule has 4 aliphatic carbocycles. The molecule has 3 aromatic carbocycles. The zero-order valence-corrected chi connectivity index (χ0v) is 25.5. The van der Waals surface area contributed by atoms with E-state index in [0.717, 1.165) is 17.2 Å². The van der Waals surface area contributed by atoms with E-state index < -0.39 is 23.3 Å². The number of amides is 2. The zero-order valence-electron chi connectivity index (χ0n) is 25.5. The minimum Gasteiger partial charge on any atom is -0.494 e. The summed E-state index contributed by atoms with van der Waals surface area (Å²) in [4.78, 5) is 43.9. The molecule has 0 atom stereocenters. The Bertz CT molecular complexity index is 1770. The van der Waals surface area contributed by atoms with Crippen LogP contribution < -0.4 is 19.7 Å². The highest BCUT2D eigenvalue weighted by Crippen LogP contribution is 2.62. The van der Waals surface area contributed by atoms with Gasteiger partial charge in [0.05, 0.1) is 25.5 Å². The number of hydrogen-bond acceptors (Lipinski definition) is 6. The summed E-state index contributed by atoms with van der Waals surface area (Å²) in [7, 11) is 4.45. The van der Waals surface area contributed by atoms with E-state index in [2.05, 4.69) is 5.32 Å². The topological polar surface area (TPSA) is 123 Å². The summed E-state index contributed by atoms with van der Waals surface area (Å²) in [5.74, 6) is -1.36. The summed E-state index contributed by atoms with van der Waals surface area (Å²) < 4.78 is 13.1. The van der Waals surface area contributed by atoms with Crippen LogP contribution in [-0.4, -0.2) is 59.5 Å². The molecule has 0 aliphatic heterocycles. The maximum absolute atomic E-state index is 15.3. The van der Waals surface area contributed by atoms with Gasteiger partial charge in [-0.15, -0.1) is 0 Å². The van der Waals surface area contributed by atoms with Gasteiger partial charge in [0.25, 0.3) is 11.8 Å². The van der Waals surface area contributed by atoms with Crippen molar-refractivity contribution in [2.45, 2.75) is 37.6 Å². The lowest BCUT2D eigenvalue weighted by atomic mass is 9.48. The second-order valence-electron chi connectivity index (χ2n) is 12.5. The fourth-order valence-electron chi connectivity index (χ4n) is 8.69. The predicted octanol–water partition coefficient (Wildman–Crippen LogP) is 5.33. The van der Waals surface area contributed by atoms with E-state index in [0.29, 0.717) is 54.7 Å². The van der Waals surface area contributed by atoms with Crippen LogP contribution >= 0.6 is 0 Å². The van der Waals surface area contributed by atoms with Gasteiger partial charge in [-0.25, -0.2) is 9.48 Å². The highest BCUT2D eigenvalue weighted by Gasteiger charge is 2.66. The number of carbonyl (C=O) groups is 3. The lowest BCUT2D eigenvalue weighted by Gasteiger charge is -2.62. The molecule has 0 unspecified atom stereocenters. The van der Waals surface area contributed by atoms with Crippen molar-refractivity contribution in [1.82, 2.24) is 15.1 Å². The number of nitrogens with one attached hydrogen (secondary N) is 1. The number of carbonyl (C=O) groups excluding carboxylic acids is 2. The smallest absolute Gasteiger partial charge is 0.330 e. The molecule has 1 heterocycles. The second kappa shape index (κ2) is 10.9. The van der Waals surface area contributed by atoms with Crippen molar-refractivity contribution in [3.05, 3.63) is 78.1 Å². The number of para-hydroxylation sites is 1. The first-order chi connectivity index (χ1) is 21.8. The Balaban J connectivity index is 1.48. The normalized spacial score (nSPS) is 24.8. The molecule has 4 aliphatic rings. The number of carboxylic acid groups (broad SMARTS) is 1. The largest absolute Gasteiger partial charge is 0.494 e. The molecule has 4 aromatic rings. The van der Waals surface area contributed by atoms with Gasteiger partial charge in [-0.05, 0) is 79.4 Å². The molecule has 10 heteroatoms. The lowest BCUT2D eigenvalue weighted by Crippen LogP contribution is -2.71. The Morgan fingerprint density at radius 1 is 0.889 bits per heavy atom. The third-order valence-corrected chi connectivity index (χ3v) is 10.3. The van der Waals surface area contributed by atoms with Crippen molar-refractivity contribution >= 4 is 34.2 Å². The van der Waals surface area contributed by atoms with Crippen molar-refractivity contribution < 1.29 is 29.0 Å². The van der Waals surface area contributed by atoms with Crippen molar-refractivity contribution in [3.63, 3.8) is 0 Å². The molecular weight excluding hydrogens is 572 g/mol. The number of aromatic nitrogens is 2. The monoisotopic (exact) mass is 608 g/mol. The highest BCUT2D eigenvalue weighted by atomic mass is 16.5. The number of rotatable bonds is 8. The third kappa shape index (κ3) is 4.29. The van der Waals surface area contributed by atoms with E-state index in [-0.39, 0.29) is 28.8 Å². The van der Waals surface area contributed by atoms with Gasteiger partial charge >= 0.3 is 5.97 Å². The number of aliphatic carboxylic acids is 1. The summed E-state index contributed by atoms with van der Waals surface area (Å²) in [6, 6.07) is 18.6. The molecule has 4 bridgehead atoms. The molecule has 0 spiro atoms. The molecule has 2 amide bonds. The van der Waals surface area contributed by atoms with Crippen LogP contribution in [0.4, 0.5) is 5.69 Å². The fraction of sp³-hybridized carbons (Fsp3) is 0.371. The summed E-state index contributed by atoms with van der Waals surface area (Å²) in [5.41, 5.74) is -0.787. The number of anilines is 1. The minimum absolute atomic E-state index is 0.0404. The molecule has 0 radical (unpaired) electrons. The second-order valence-corrected chi connectivity index (χ2v) is 12.5. The molecule has 10 nitrogen and oxygen atoms in total. The average molecular weight is 609 g/mol. The number of ether oxygens (including phenoxy) is 2. The van der Waals surface area contributed by atoms with Gasteiger partial charge in [-0.2, -0.15) is 5.10 Å². The summed E-state index contributed by atoms with van der Waals surface area (Å²) in [5, 5.41) is 20.5. The van der Waals surface area contributed by atoms with Gasteiger partial charge in [-0.3, -0.25) is 14.5 Å². The number of carboxylic acids is 1. The van der Waals surface area contributed by atoms with E-state index >= 15 is 4.79 Å². The number of methoxy groups -OCH3 is 2. The van der Waals surface area contributed by atoms with Gasteiger partial charge < -0.3 is 19.9 Å². The van der Waals surface area contributed by atoms with Gasteiger partial charge in [0, 0.05) is 18.6 Å². The first kappa shape index (κ1) is 28.9. The van der Waals surface area contributed by atoms with Crippen LogP contribution in [0.5, 0.6) is 11.5 Å². The van der Waals surface area contributed by atoms with Crippen LogP contribution in [0.25, 0.3) is 16.5 Å². The molecular formula is C35H36N4O6. The Kier molecular flexibility index (Phi) is 7.02. The van der Waals surface area contributed by atoms with E-state index in [9.17, 15) is 14.7 Å². The van der Waals surface area contributed by atoms with Crippen molar-refractivity contribution in [3.8, 4) is 17.2 Å². The number of fused-ring (bicyclic) bond motifs is 1. The standard InChI is InChI=1S/C35H36N4O6/c1-36-32(40)26-19-38(27-11-6-9-22-8-4-5-10-25(22)27)37-30(26)33(41)39(31-28(44-2)12-7-13-29(31)45-3)35(34(42)43)23-15-20-14-21(17-23)18-24(35)16-20/h4-13,19-21,23-24H,14-18H2,1-3H3,(H,36,40)(H,42,43). The molecule has 1 aromatic heterocycles. The molecule has 4 fully saturated rings. The van der Waals surface area contributed by atoms with Gasteiger partial charge in [-0.1, -0.05) is 42.5 Å². The third-order valence-electron chi connectivity index (χ3n) is 10.3. The first-order valence-electron chi connectivity index (χ1n) is 15.4. The highest BCUT2D eigenvalue weighted by molar-refractivity contribution is 6.16. The predicted molar refractivity (Wildman–Crippen MR) is 168 cm³/mol. The molecule has 232 valence electrons. The Morgan fingerprint density at radius 3 is 2.09 bits per heavy atom. The number of hydrogen-bond donors (Lipinski definition) is 2. The zero-order chi connectivity index (χ0) is 31.5. The molecule has 45 heavy (non-hydrogen) atoms. The van der Waals surface area contributed by atoms with Crippen LogP contribution in [0, 0.1) is 23.7 Å². The van der Waals surface area contributed by atoms with Crippen molar-refractivity contribution in [2.24, 2.45) is 23.7 Å². The van der Waals surface area contributed by atoms with Crippen LogP contribution in [0.2, 0.25) is 0 Å².